The van der Waals surface area contributed by atoms with Gasteiger partial charge >= 0.3 is 0 Å². The topological polar surface area (TPSA) is 44.3 Å². The second kappa shape index (κ2) is 8.04. The fourth-order valence-electron chi connectivity index (χ4n) is 2.50. The molecule has 0 saturated carbocycles. The predicted molar refractivity (Wildman–Crippen MR) is 68.6 cm³/mol. The Morgan fingerprint density at radius 3 is 2.88 bits per heavy atom. The molecule has 3 N–H and O–H groups in total. The van der Waals surface area contributed by atoms with E-state index in [2.05, 4.69) is 24.5 Å². The molecule has 3 nitrogen and oxygen atoms in total. The lowest BCUT2D eigenvalue weighted by Crippen LogP contribution is -2.42. The molecular formula is C13H28N2O. The van der Waals surface area contributed by atoms with Crippen molar-refractivity contribution in [2.45, 2.75) is 70.5 Å². The maximum atomic E-state index is 9.15. The van der Waals surface area contributed by atoms with Crippen LogP contribution in [-0.4, -0.2) is 36.4 Å². The second-order valence-corrected chi connectivity index (χ2v) is 5.09. The number of rotatable bonds is 6. The SMILES string of the molecule is CC[C@@H](CO)NC(C)CC1CCCCCN1. The first-order chi connectivity index (χ1) is 7.76. The molecular weight excluding hydrogens is 200 g/mol. The van der Waals surface area contributed by atoms with Crippen molar-refractivity contribution in [1.82, 2.24) is 10.6 Å². The van der Waals surface area contributed by atoms with Gasteiger partial charge < -0.3 is 15.7 Å². The van der Waals surface area contributed by atoms with Crippen molar-refractivity contribution in [3.63, 3.8) is 0 Å². The van der Waals surface area contributed by atoms with E-state index in [-0.39, 0.29) is 12.6 Å². The van der Waals surface area contributed by atoms with Crippen LogP contribution in [0.3, 0.4) is 0 Å². The van der Waals surface area contributed by atoms with Crippen LogP contribution < -0.4 is 10.6 Å². The Hall–Kier alpha value is -0.120. The molecule has 2 unspecified atom stereocenters. The molecule has 0 radical (unpaired) electrons. The van der Waals surface area contributed by atoms with Gasteiger partial charge in [0.05, 0.1) is 6.61 Å². The van der Waals surface area contributed by atoms with Gasteiger partial charge in [-0.15, -0.1) is 0 Å². The van der Waals surface area contributed by atoms with Gasteiger partial charge in [-0.1, -0.05) is 19.8 Å². The lowest BCUT2D eigenvalue weighted by atomic mass is 10.0. The normalized spacial score (nSPS) is 26.1. The quantitative estimate of drug-likeness (QED) is 0.648. The lowest BCUT2D eigenvalue weighted by Gasteiger charge is -2.25. The molecule has 0 bridgehead atoms. The summed E-state index contributed by atoms with van der Waals surface area (Å²) in [6.07, 6.45) is 7.55. The molecule has 0 aromatic carbocycles. The summed E-state index contributed by atoms with van der Waals surface area (Å²) >= 11 is 0. The molecule has 1 heterocycles. The summed E-state index contributed by atoms with van der Waals surface area (Å²) in [6, 6.07) is 1.43. The molecule has 0 aromatic rings. The van der Waals surface area contributed by atoms with Gasteiger partial charge in [0.1, 0.15) is 0 Å². The molecule has 1 fully saturated rings. The third kappa shape index (κ3) is 5.28. The third-order valence-corrected chi connectivity index (χ3v) is 3.53. The van der Waals surface area contributed by atoms with E-state index in [1.807, 2.05) is 0 Å². The van der Waals surface area contributed by atoms with Gasteiger partial charge in [-0.3, -0.25) is 0 Å². The largest absolute Gasteiger partial charge is 0.395 e. The highest BCUT2D eigenvalue weighted by atomic mass is 16.3. The van der Waals surface area contributed by atoms with Gasteiger partial charge in [0.15, 0.2) is 0 Å². The predicted octanol–water partition coefficient (Wildman–Crippen LogP) is 1.66. The van der Waals surface area contributed by atoms with Gasteiger partial charge in [-0.05, 0) is 39.2 Å². The Balaban J connectivity index is 2.23. The first-order valence-corrected chi connectivity index (χ1v) is 6.86. The van der Waals surface area contributed by atoms with Gasteiger partial charge in [0, 0.05) is 18.1 Å². The van der Waals surface area contributed by atoms with Crippen molar-refractivity contribution in [3.05, 3.63) is 0 Å². The summed E-state index contributed by atoms with van der Waals surface area (Å²) in [5.41, 5.74) is 0. The molecule has 96 valence electrons. The molecule has 0 amide bonds. The van der Waals surface area contributed by atoms with Crippen LogP contribution in [0.15, 0.2) is 0 Å². The van der Waals surface area contributed by atoms with E-state index in [4.69, 9.17) is 5.11 Å². The van der Waals surface area contributed by atoms with E-state index in [9.17, 15) is 0 Å². The molecule has 16 heavy (non-hydrogen) atoms. The number of hydrogen-bond acceptors (Lipinski definition) is 3. The van der Waals surface area contributed by atoms with Crippen LogP contribution in [-0.2, 0) is 0 Å². The first kappa shape index (κ1) is 13.9. The molecule has 3 heteroatoms. The minimum absolute atomic E-state index is 0.249. The average Bonchev–Trinajstić information content (AvgIpc) is 2.54. The van der Waals surface area contributed by atoms with E-state index in [0.29, 0.717) is 12.1 Å². The number of nitrogens with one attached hydrogen (secondary N) is 2. The van der Waals surface area contributed by atoms with Crippen molar-refractivity contribution in [1.29, 1.82) is 0 Å². The highest BCUT2D eigenvalue weighted by molar-refractivity contribution is 4.78. The molecule has 1 aliphatic heterocycles. The zero-order valence-electron chi connectivity index (χ0n) is 10.8. The summed E-state index contributed by atoms with van der Waals surface area (Å²) in [6.45, 7) is 5.77. The highest BCUT2D eigenvalue weighted by Crippen LogP contribution is 2.12. The summed E-state index contributed by atoms with van der Waals surface area (Å²) in [5, 5.41) is 16.3. The Morgan fingerprint density at radius 1 is 1.38 bits per heavy atom. The van der Waals surface area contributed by atoms with E-state index in [1.54, 1.807) is 0 Å². The number of hydrogen-bond donors (Lipinski definition) is 3. The second-order valence-electron chi connectivity index (χ2n) is 5.09. The zero-order valence-corrected chi connectivity index (χ0v) is 10.8. The fraction of sp³-hybridized carbons (Fsp3) is 1.00. The maximum Gasteiger partial charge on any atom is 0.0584 e. The van der Waals surface area contributed by atoms with Crippen LogP contribution in [0.25, 0.3) is 0 Å². The maximum absolute atomic E-state index is 9.15. The molecule has 3 atom stereocenters. The monoisotopic (exact) mass is 228 g/mol. The van der Waals surface area contributed by atoms with Gasteiger partial charge in [0.2, 0.25) is 0 Å². The van der Waals surface area contributed by atoms with Crippen molar-refractivity contribution in [3.8, 4) is 0 Å². The van der Waals surface area contributed by atoms with Crippen LogP contribution in [0.5, 0.6) is 0 Å². The minimum atomic E-state index is 0.249. The van der Waals surface area contributed by atoms with Crippen LogP contribution in [0.2, 0.25) is 0 Å². The average molecular weight is 228 g/mol. The van der Waals surface area contributed by atoms with Crippen LogP contribution in [0, 0.1) is 0 Å². The molecule has 1 saturated heterocycles. The smallest absolute Gasteiger partial charge is 0.0584 e. The zero-order chi connectivity index (χ0) is 11.8. The standard InChI is InChI=1S/C13H28N2O/c1-3-12(10-16)15-11(2)9-13-7-5-4-6-8-14-13/h11-16H,3-10H2,1-2H3/t11?,12-,13?/m0/s1. The third-order valence-electron chi connectivity index (χ3n) is 3.53. The van der Waals surface area contributed by atoms with Crippen molar-refractivity contribution >= 4 is 0 Å². The van der Waals surface area contributed by atoms with Gasteiger partial charge in [-0.2, -0.15) is 0 Å². The summed E-state index contributed by atoms with van der Waals surface area (Å²) < 4.78 is 0. The van der Waals surface area contributed by atoms with Crippen LogP contribution >= 0.6 is 0 Å². The van der Waals surface area contributed by atoms with E-state index in [1.165, 1.54) is 38.6 Å². The van der Waals surface area contributed by atoms with E-state index in [0.717, 1.165) is 6.42 Å². The Bertz CT molecular complexity index is 163. The lowest BCUT2D eigenvalue weighted by molar-refractivity contribution is 0.224. The summed E-state index contributed by atoms with van der Waals surface area (Å²) in [4.78, 5) is 0. The summed E-state index contributed by atoms with van der Waals surface area (Å²) in [5.74, 6) is 0. The Morgan fingerprint density at radius 2 is 2.19 bits per heavy atom. The van der Waals surface area contributed by atoms with Crippen molar-refractivity contribution < 1.29 is 5.11 Å². The molecule has 0 aliphatic carbocycles. The van der Waals surface area contributed by atoms with Gasteiger partial charge in [-0.25, -0.2) is 0 Å². The molecule has 0 aromatic heterocycles. The summed E-state index contributed by atoms with van der Waals surface area (Å²) in [7, 11) is 0. The molecule has 0 spiro atoms. The minimum Gasteiger partial charge on any atom is -0.395 e. The van der Waals surface area contributed by atoms with E-state index >= 15 is 0 Å². The van der Waals surface area contributed by atoms with E-state index < -0.39 is 0 Å². The van der Waals surface area contributed by atoms with Crippen LogP contribution in [0.4, 0.5) is 0 Å². The Kier molecular flexibility index (Phi) is 7.01. The Labute approximate surface area is 100 Å². The highest BCUT2D eigenvalue weighted by Gasteiger charge is 2.16. The van der Waals surface area contributed by atoms with Crippen molar-refractivity contribution in [2.75, 3.05) is 13.2 Å². The van der Waals surface area contributed by atoms with Crippen molar-refractivity contribution in [2.24, 2.45) is 0 Å². The molecule has 1 rings (SSSR count). The number of aliphatic hydroxyl groups excluding tert-OH is 1. The molecule has 1 aliphatic rings. The number of aliphatic hydroxyl groups is 1. The first-order valence-electron chi connectivity index (χ1n) is 6.86. The fourth-order valence-corrected chi connectivity index (χ4v) is 2.50. The van der Waals surface area contributed by atoms with Crippen LogP contribution in [0.1, 0.15) is 52.4 Å². The van der Waals surface area contributed by atoms with Gasteiger partial charge in [0.25, 0.3) is 0 Å².